The molecular weight excluding hydrogens is 194 g/mol. The third-order valence-electron chi connectivity index (χ3n) is 2.87. The molecule has 0 amide bonds. The van der Waals surface area contributed by atoms with Gasteiger partial charge in [0, 0.05) is 23.8 Å². The van der Waals surface area contributed by atoms with Crippen LogP contribution in [0.2, 0.25) is 0 Å². The summed E-state index contributed by atoms with van der Waals surface area (Å²) in [4.78, 5) is 0. The van der Waals surface area contributed by atoms with Gasteiger partial charge in [-0.1, -0.05) is 12.1 Å². The molecule has 0 spiro atoms. The molecule has 3 rings (SSSR count). The Morgan fingerprint density at radius 2 is 2.43 bits per heavy atom. The van der Waals surface area contributed by atoms with E-state index in [2.05, 4.69) is 28.0 Å². The second-order valence-corrected chi connectivity index (χ2v) is 4.34. The highest BCUT2D eigenvalue weighted by atomic mass is 32.1. The molecule has 1 fully saturated rings. The Morgan fingerprint density at radius 3 is 3.21 bits per heavy atom. The molecule has 0 aliphatic heterocycles. The predicted molar refractivity (Wildman–Crippen MR) is 57.8 cm³/mol. The van der Waals surface area contributed by atoms with Gasteiger partial charge >= 0.3 is 0 Å². The fourth-order valence-corrected chi connectivity index (χ4v) is 2.68. The van der Waals surface area contributed by atoms with E-state index < -0.39 is 0 Å². The molecule has 2 unspecified atom stereocenters. The van der Waals surface area contributed by atoms with Gasteiger partial charge in [0.15, 0.2) is 0 Å². The molecular formula is C11H11NOS. The first-order valence-electron chi connectivity index (χ1n) is 4.76. The van der Waals surface area contributed by atoms with E-state index in [1.165, 1.54) is 22.5 Å². The van der Waals surface area contributed by atoms with E-state index in [0.717, 1.165) is 11.9 Å². The lowest BCUT2D eigenvalue weighted by Crippen LogP contribution is -1.90. The van der Waals surface area contributed by atoms with Crippen LogP contribution in [0, 0.1) is 0 Å². The molecule has 14 heavy (non-hydrogen) atoms. The zero-order chi connectivity index (χ0) is 9.54. The Kier molecular flexibility index (Phi) is 1.82. The van der Waals surface area contributed by atoms with Crippen molar-refractivity contribution >= 4 is 22.4 Å². The molecule has 1 heterocycles. The lowest BCUT2D eigenvalue weighted by atomic mass is 10.1. The maximum absolute atomic E-state index is 5.34. The molecule has 3 heteroatoms. The number of benzene rings is 1. The fourth-order valence-electron chi connectivity index (χ4n) is 2.00. The van der Waals surface area contributed by atoms with Gasteiger partial charge in [0.1, 0.15) is 0 Å². The molecule has 1 aromatic carbocycles. The smallest absolute Gasteiger partial charge is 0.0843 e. The summed E-state index contributed by atoms with van der Waals surface area (Å²) in [5, 5.41) is 3.44. The van der Waals surface area contributed by atoms with Crippen molar-refractivity contribution in [3.63, 3.8) is 0 Å². The van der Waals surface area contributed by atoms with Crippen LogP contribution in [0.5, 0.6) is 0 Å². The van der Waals surface area contributed by atoms with Crippen molar-refractivity contribution in [1.82, 2.24) is 4.37 Å². The molecule has 0 bridgehead atoms. The van der Waals surface area contributed by atoms with Crippen molar-refractivity contribution in [2.75, 3.05) is 7.11 Å². The van der Waals surface area contributed by atoms with Crippen molar-refractivity contribution < 1.29 is 4.74 Å². The van der Waals surface area contributed by atoms with E-state index in [1.54, 1.807) is 7.11 Å². The summed E-state index contributed by atoms with van der Waals surface area (Å²) >= 11 is 1.53. The third-order valence-corrected chi connectivity index (χ3v) is 3.52. The summed E-state index contributed by atoms with van der Waals surface area (Å²) in [5.41, 5.74) is 2.53. The Hall–Kier alpha value is -0.930. The molecule has 2 aromatic rings. The summed E-state index contributed by atoms with van der Waals surface area (Å²) < 4.78 is 9.68. The van der Waals surface area contributed by atoms with Gasteiger partial charge < -0.3 is 4.74 Å². The number of methoxy groups -OCH3 is 1. The van der Waals surface area contributed by atoms with Gasteiger partial charge in [-0.3, -0.25) is 0 Å². The van der Waals surface area contributed by atoms with Gasteiger partial charge in [-0.25, -0.2) is 0 Å². The van der Waals surface area contributed by atoms with Gasteiger partial charge in [0.25, 0.3) is 0 Å². The van der Waals surface area contributed by atoms with Crippen LogP contribution >= 0.6 is 11.5 Å². The number of nitrogens with zero attached hydrogens (tertiary/aromatic N) is 1. The van der Waals surface area contributed by atoms with Crippen LogP contribution in [0.15, 0.2) is 23.6 Å². The summed E-state index contributed by atoms with van der Waals surface area (Å²) in [6, 6.07) is 6.35. The molecule has 0 radical (unpaired) electrons. The summed E-state index contributed by atoms with van der Waals surface area (Å²) in [5.74, 6) is 0.597. The minimum absolute atomic E-state index is 0.431. The van der Waals surface area contributed by atoms with Crippen LogP contribution in [0.25, 0.3) is 10.9 Å². The average Bonchev–Trinajstić information content (AvgIpc) is 2.85. The van der Waals surface area contributed by atoms with Crippen LogP contribution in [-0.4, -0.2) is 17.6 Å². The molecule has 1 aliphatic rings. The molecule has 2 atom stereocenters. The zero-order valence-corrected chi connectivity index (χ0v) is 8.75. The molecule has 0 saturated heterocycles. The standard InChI is InChI=1S/C11H11NOS/c1-13-11-5-8(11)7-3-2-4-10-9(7)6-14-12-10/h2-4,6,8,11H,5H2,1H3. The first-order chi connectivity index (χ1) is 6.90. The first-order valence-corrected chi connectivity index (χ1v) is 5.59. The third kappa shape index (κ3) is 1.16. The van der Waals surface area contributed by atoms with E-state index in [-0.39, 0.29) is 0 Å². The van der Waals surface area contributed by atoms with Gasteiger partial charge in [-0.05, 0) is 29.6 Å². The van der Waals surface area contributed by atoms with Crippen LogP contribution in [-0.2, 0) is 4.74 Å². The van der Waals surface area contributed by atoms with Crippen molar-refractivity contribution in [3.8, 4) is 0 Å². The summed E-state index contributed by atoms with van der Waals surface area (Å²) in [6.07, 6.45) is 1.59. The zero-order valence-electron chi connectivity index (χ0n) is 7.93. The van der Waals surface area contributed by atoms with Gasteiger partial charge in [0.2, 0.25) is 0 Å². The largest absolute Gasteiger partial charge is 0.381 e. The van der Waals surface area contributed by atoms with E-state index in [4.69, 9.17) is 4.74 Å². The number of hydrogen-bond acceptors (Lipinski definition) is 3. The van der Waals surface area contributed by atoms with E-state index in [1.807, 2.05) is 0 Å². The van der Waals surface area contributed by atoms with Gasteiger partial charge in [-0.15, -0.1) is 0 Å². The fraction of sp³-hybridized carbons (Fsp3) is 0.364. The summed E-state index contributed by atoms with van der Waals surface area (Å²) in [7, 11) is 1.79. The summed E-state index contributed by atoms with van der Waals surface area (Å²) in [6.45, 7) is 0. The number of ether oxygens (including phenoxy) is 1. The average molecular weight is 205 g/mol. The Labute approximate surface area is 86.7 Å². The normalized spacial score (nSPS) is 25.5. The number of rotatable bonds is 2. The lowest BCUT2D eigenvalue weighted by molar-refractivity contribution is 0.178. The van der Waals surface area contributed by atoms with Gasteiger partial charge in [-0.2, -0.15) is 4.37 Å². The molecule has 1 saturated carbocycles. The molecule has 2 nitrogen and oxygen atoms in total. The molecule has 72 valence electrons. The Bertz CT molecular complexity index is 465. The van der Waals surface area contributed by atoms with Crippen LogP contribution in [0.3, 0.4) is 0 Å². The Balaban J connectivity index is 2.08. The highest BCUT2D eigenvalue weighted by Crippen LogP contribution is 2.45. The SMILES string of the molecule is COC1CC1c1cccc2nscc12. The maximum Gasteiger partial charge on any atom is 0.0843 e. The van der Waals surface area contributed by atoms with Crippen molar-refractivity contribution in [3.05, 3.63) is 29.1 Å². The molecule has 1 aromatic heterocycles. The van der Waals surface area contributed by atoms with E-state index in [0.29, 0.717) is 12.0 Å². The van der Waals surface area contributed by atoms with E-state index in [9.17, 15) is 0 Å². The second-order valence-electron chi connectivity index (χ2n) is 3.71. The highest BCUT2D eigenvalue weighted by Gasteiger charge is 2.39. The molecule has 1 aliphatic carbocycles. The monoisotopic (exact) mass is 205 g/mol. The van der Waals surface area contributed by atoms with Crippen LogP contribution < -0.4 is 0 Å². The number of fused-ring (bicyclic) bond motifs is 1. The number of hydrogen-bond donors (Lipinski definition) is 0. The topological polar surface area (TPSA) is 22.1 Å². The first kappa shape index (κ1) is 8.38. The second kappa shape index (κ2) is 3.04. The van der Waals surface area contributed by atoms with Crippen molar-refractivity contribution in [1.29, 1.82) is 0 Å². The Morgan fingerprint density at radius 1 is 1.50 bits per heavy atom. The minimum atomic E-state index is 0.431. The van der Waals surface area contributed by atoms with E-state index >= 15 is 0 Å². The van der Waals surface area contributed by atoms with Gasteiger partial charge in [0.05, 0.1) is 11.6 Å². The quantitative estimate of drug-likeness (QED) is 0.752. The van der Waals surface area contributed by atoms with Crippen LogP contribution in [0.4, 0.5) is 0 Å². The highest BCUT2D eigenvalue weighted by molar-refractivity contribution is 7.04. The lowest BCUT2D eigenvalue weighted by Gasteiger charge is -2.00. The van der Waals surface area contributed by atoms with Crippen molar-refractivity contribution in [2.45, 2.75) is 18.4 Å². The van der Waals surface area contributed by atoms with Crippen molar-refractivity contribution in [2.24, 2.45) is 0 Å². The van der Waals surface area contributed by atoms with Crippen LogP contribution in [0.1, 0.15) is 17.9 Å². The number of aromatic nitrogens is 1. The minimum Gasteiger partial charge on any atom is -0.381 e. The maximum atomic E-state index is 5.34. The molecule has 0 N–H and O–H groups in total. The predicted octanol–water partition coefficient (Wildman–Crippen LogP) is 2.80.